The van der Waals surface area contributed by atoms with Crippen molar-refractivity contribution in [2.75, 3.05) is 5.32 Å². The minimum Gasteiger partial charge on any atom is -0.872 e. The van der Waals surface area contributed by atoms with E-state index in [1.165, 1.54) is 31.2 Å². The lowest BCUT2D eigenvalue weighted by molar-refractivity contribution is -0.657. The molecule has 1 heterocycles. The Morgan fingerprint density at radius 3 is 2.73 bits per heavy atom. The van der Waals surface area contributed by atoms with Crippen molar-refractivity contribution in [3.63, 3.8) is 0 Å². The van der Waals surface area contributed by atoms with Crippen molar-refractivity contribution >= 4 is 32.9 Å². The van der Waals surface area contributed by atoms with Gasteiger partial charge in [-0.3, -0.25) is 5.32 Å². The highest BCUT2D eigenvalue weighted by atomic mass is 79.9. The highest BCUT2D eigenvalue weighted by Gasteiger charge is 2.16. The van der Waals surface area contributed by atoms with Gasteiger partial charge in [-0.1, -0.05) is 66.7 Å². The number of H-pyrrole nitrogens is 1. The number of hydrogen-bond donors (Lipinski definition) is 2. The van der Waals surface area contributed by atoms with Crippen molar-refractivity contribution in [2.45, 2.75) is 52.1 Å². The van der Waals surface area contributed by atoms with Crippen molar-refractivity contribution in [2.24, 2.45) is 0 Å². The summed E-state index contributed by atoms with van der Waals surface area (Å²) >= 11 is 3.44. The number of aromatic nitrogens is 2. The number of hydrogen-bond acceptors (Lipinski definition) is 2. The van der Waals surface area contributed by atoms with Gasteiger partial charge in [0, 0.05) is 4.47 Å². The molecule has 2 N–H and O–H groups in total. The predicted molar refractivity (Wildman–Crippen MR) is 108 cm³/mol. The molecule has 0 aliphatic carbocycles. The van der Waals surface area contributed by atoms with E-state index in [1.54, 1.807) is 12.1 Å². The van der Waals surface area contributed by atoms with Crippen molar-refractivity contribution in [1.82, 2.24) is 4.98 Å². The van der Waals surface area contributed by atoms with Gasteiger partial charge in [0.1, 0.15) is 11.0 Å². The zero-order valence-corrected chi connectivity index (χ0v) is 16.8. The van der Waals surface area contributed by atoms with Gasteiger partial charge in [0.25, 0.3) is 0 Å². The van der Waals surface area contributed by atoms with Gasteiger partial charge in [0.15, 0.2) is 0 Å². The summed E-state index contributed by atoms with van der Waals surface area (Å²) < 4.78 is 3.22. The SMILES string of the molecule is CCCCCCC[n+]1c(NCc2cc(Br)ccc2[O-])[nH]c2ccccc21. The Bertz CT molecular complexity index is 860. The number of nitrogens with zero attached hydrogens (tertiary/aromatic N) is 1. The number of aryl methyl sites for hydroxylation is 1. The van der Waals surface area contributed by atoms with Gasteiger partial charge in [0.2, 0.25) is 0 Å². The highest BCUT2D eigenvalue weighted by molar-refractivity contribution is 9.10. The minimum atomic E-state index is 0.0583. The van der Waals surface area contributed by atoms with Crippen molar-refractivity contribution in [3.8, 4) is 5.75 Å². The van der Waals surface area contributed by atoms with E-state index >= 15 is 0 Å². The Morgan fingerprint density at radius 1 is 1.08 bits per heavy atom. The highest BCUT2D eigenvalue weighted by Crippen LogP contribution is 2.21. The molecule has 0 fully saturated rings. The van der Waals surface area contributed by atoms with E-state index < -0.39 is 0 Å². The molecule has 0 amide bonds. The third-order valence-corrected chi connectivity index (χ3v) is 5.17. The Kier molecular flexibility index (Phi) is 6.56. The third kappa shape index (κ3) is 4.58. The number of nitrogens with one attached hydrogen (secondary N) is 2. The van der Waals surface area contributed by atoms with Crippen LogP contribution in [0.1, 0.15) is 44.6 Å². The van der Waals surface area contributed by atoms with E-state index in [1.807, 2.05) is 12.1 Å². The molecule has 0 unspecified atom stereocenters. The van der Waals surface area contributed by atoms with E-state index in [0.29, 0.717) is 6.54 Å². The number of unbranched alkanes of at least 4 members (excludes halogenated alkanes) is 4. The van der Waals surface area contributed by atoms with Gasteiger partial charge in [-0.2, -0.15) is 0 Å². The first kappa shape index (κ1) is 18.8. The molecule has 5 heteroatoms. The van der Waals surface area contributed by atoms with E-state index in [4.69, 9.17) is 0 Å². The van der Waals surface area contributed by atoms with Crippen LogP contribution >= 0.6 is 15.9 Å². The summed E-state index contributed by atoms with van der Waals surface area (Å²) in [6.45, 7) is 3.71. The standard InChI is InChI=1S/C21H26BrN3O/c1-2-3-4-5-8-13-25-19-10-7-6-9-18(19)24-21(25)23-15-16-14-17(22)11-12-20(16)26/h6-7,9-12,14H,2-5,8,13,15H2,1H3,(H2,23,24,26). The fourth-order valence-electron chi connectivity index (χ4n) is 3.24. The van der Waals surface area contributed by atoms with E-state index in [-0.39, 0.29) is 5.75 Å². The molecule has 0 saturated heterocycles. The number of aromatic amines is 1. The van der Waals surface area contributed by atoms with Crippen LogP contribution < -0.4 is 15.0 Å². The molecule has 0 radical (unpaired) electrons. The smallest absolute Gasteiger partial charge is 0.356 e. The normalized spacial score (nSPS) is 11.2. The molecule has 0 atom stereocenters. The van der Waals surface area contributed by atoms with Gasteiger partial charge in [-0.05, 0) is 36.2 Å². The summed E-state index contributed by atoms with van der Waals surface area (Å²) in [6.07, 6.45) is 6.26. The van der Waals surface area contributed by atoms with Crippen molar-refractivity contribution in [3.05, 3.63) is 52.5 Å². The van der Waals surface area contributed by atoms with Gasteiger partial charge in [-0.15, -0.1) is 5.75 Å². The van der Waals surface area contributed by atoms with Crippen molar-refractivity contribution < 1.29 is 9.67 Å². The second-order valence-corrected chi connectivity index (χ2v) is 7.58. The van der Waals surface area contributed by atoms with E-state index in [2.05, 4.69) is 55.9 Å². The summed E-state index contributed by atoms with van der Waals surface area (Å²) in [6, 6.07) is 13.6. The largest absolute Gasteiger partial charge is 0.872 e. The molecule has 0 aliphatic rings. The number of para-hydroxylation sites is 2. The predicted octanol–water partition coefficient (Wildman–Crippen LogP) is 4.87. The third-order valence-electron chi connectivity index (χ3n) is 4.67. The number of anilines is 1. The van der Waals surface area contributed by atoms with E-state index in [0.717, 1.165) is 34.5 Å². The molecule has 1 aromatic heterocycles. The zero-order valence-electron chi connectivity index (χ0n) is 15.2. The second kappa shape index (κ2) is 9.08. The second-order valence-electron chi connectivity index (χ2n) is 6.66. The summed E-state index contributed by atoms with van der Waals surface area (Å²) in [5.41, 5.74) is 3.06. The van der Waals surface area contributed by atoms with Gasteiger partial charge < -0.3 is 5.11 Å². The summed E-state index contributed by atoms with van der Waals surface area (Å²) in [5, 5.41) is 15.5. The van der Waals surface area contributed by atoms with Crippen LogP contribution in [0.4, 0.5) is 5.95 Å². The maximum absolute atomic E-state index is 12.0. The molecular weight excluding hydrogens is 390 g/mol. The first-order chi connectivity index (χ1) is 12.7. The molecule has 26 heavy (non-hydrogen) atoms. The number of rotatable bonds is 9. The van der Waals surface area contributed by atoms with Crippen LogP contribution in [-0.2, 0) is 13.1 Å². The zero-order chi connectivity index (χ0) is 18.4. The molecule has 0 saturated carbocycles. The van der Waals surface area contributed by atoms with Crippen LogP contribution in [0, 0.1) is 0 Å². The maximum Gasteiger partial charge on any atom is 0.356 e. The first-order valence-electron chi connectivity index (χ1n) is 9.39. The Morgan fingerprint density at radius 2 is 1.88 bits per heavy atom. The molecule has 3 aromatic rings. The maximum atomic E-state index is 12.0. The lowest BCUT2D eigenvalue weighted by Gasteiger charge is -2.12. The van der Waals surface area contributed by atoms with Crippen molar-refractivity contribution in [1.29, 1.82) is 0 Å². The number of fused-ring (bicyclic) bond motifs is 1. The van der Waals surface area contributed by atoms with Crippen LogP contribution in [-0.4, -0.2) is 4.98 Å². The first-order valence-corrected chi connectivity index (χ1v) is 10.2. The molecule has 0 bridgehead atoms. The van der Waals surface area contributed by atoms with E-state index in [9.17, 15) is 5.11 Å². The quantitative estimate of drug-likeness (QED) is 0.386. The van der Waals surface area contributed by atoms with Gasteiger partial charge >= 0.3 is 5.95 Å². The summed E-state index contributed by atoms with van der Waals surface area (Å²) in [5.74, 6) is 1.02. The summed E-state index contributed by atoms with van der Waals surface area (Å²) in [7, 11) is 0. The van der Waals surface area contributed by atoms with Gasteiger partial charge in [0.05, 0.1) is 13.1 Å². The minimum absolute atomic E-state index is 0.0583. The average Bonchev–Trinajstić information content (AvgIpc) is 3.00. The fourth-order valence-corrected chi connectivity index (χ4v) is 3.65. The Hall–Kier alpha value is -2.01. The van der Waals surface area contributed by atoms with Crippen LogP contribution in [0.15, 0.2) is 46.9 Å². The number of imidazole rings is 1. The lowest BCUT2D eigenvalue weighted by Crippen LogP contribution is -2.36. The number of halogens is 1. The molecule has 3 rings (SSSR count). The molecule has 0 spiro atoms. The van der Waals surface area contributed by atoms with Crippen LogP contribution in [0.2, 0.25) is 0 Å². The lowest BCUT2D eigenvalue weighted by atomic mass is 10.1. The molecular formula is C21H26BrN3O. The van der Waals surface area contributed by atoms with Gasteiger partial charge in [-0.25, -0.2) is 9.55 Å². The van der Waals surface area contributed by atoms with Crippen LogP contribution in [0.3, 0.4) is 0 Å². The van der Waals surface area contributed by atoms with Crippen LogP contribution in [0.5, 0.6) is 5.75 Å². The summed E-state index contributed by atoms with van der Waals surface area (Å²) in [4.78, 5) is 3.46. The topological polar surface area (TPSA) is 54.8 Å². The monoisotopic (exact) mass is 415 g/mol. The molecule has 4 nitrogen and oxygen atoms in total. The Labute approximate surface area is 163 Å². The molecule has 2 aromatic carbocycles. The van der Waals surface area contributed by atoms with Crippen LogP contribution in [0.25, 0.3) is 11.0 Å². The molecule has 0 aliphatic heterocycles. The number of benzene rings is 2. The Balaban J connectivity index is 1.76. The molecule has 138 valence electrons. The average molecular weight is 416 g/mol. The fraction of sp³-hybridized carbons (Fsp3) is 0.381.